The Morgan fingerprint density at radius 1 is 1.17 bits per heavy atom. The van der Waals surface area contributed by atoms with Crippen molar-refractivity contribution < 1.29 is 9.59 Å². The van der Waals surface area contributed by atoms with Crippen molar-refractivity contribution in [3.05, 3.63) is 35.9 Å². The fraction of sp³-hybridized carbons (Fsp3) is 0.556. The Hall–Kier alpha value is -1.88. The first-order chi connectivity index (χ1) is 11.2. The minimum atomic E-state index is -0.0326. The van der Waals surface area contributed by atoms with E-state index < -0.39 is 0 Å². The number of nitrogens with zero attached hydrogens (tertiary/aromatic N) is 1. The van der Waals surface area contributed by atoms with Crippen LogP contribution in [0, 0.1) is 0 Å². The monoisotopic (exact) mass is 317 g/mol. The quantitative estimate of drug-likeness (QED) is 0.799. The van der Waals surface area contributed by atoms with Crippen LogP contribution in [-0.4, -0.2) is 42.4 Å². The molecule has 0 bridgehead atoms. The molecule has 1 atom stereocenters. The van der Waals surface area contributed by atoms with E-state index >= 15 is 0 Å². The number of amides is 2. The molecule has 0 aliphatic carbocycles. The van der Waals surface area contributed by atoms with Crippen LogP contribution in [0.15, 0.2) is 30.3 Å². The molecular formula is C18H27N3O2. The van der Waals surface area contributed by atoms with Crippen molar-refractivity contribution in [2.24, 2.45) is 5.73 Å². The molecule has 1 saturated heterocycles. The van der Waals surface area contributed by atoms with Gasteiger partial charge in [-0.3, -0.25) is 9.59 Å². The fourth-order valence-electron chi connectivity index (χ4n) is 3.03. The highest BCUT2D eigenvalue weighted by Gasteiger charge is 2.26. The van der Waals surface area contributed by atoms with E-state index in [0.717, 1.165) is 32.2 Å². The number of piperidine rings is 1. The number of carbonyl (C=O) groups excluding carboxylic acids is 2. The smallest absolute Gasteiger partial charge is 0.223 e. The Bertz CT molecular complexity index is 504. The van der Waals surface area contributed by atoms with Crippen molar-refractivity contribution in [2.75, 3.05) is 19.6 Å². The first-order valence-corrected chi connectivity index (χ1v) is 8.51. The highest BCUT2D eigenvalue weighted by Crippen LogP contribution is 2.18. The molecule has 1 heterocycles. The van der Waals surface area contributed by atoms with Gasteiger partial charge >= 0.3 is 0 Å². The van der Waals surface area contributed by atoms with Crippen molar-refractivity contribution >= 4 is 11.8 Å². The van der Waals surface area contributed by atoms with Gasteiger partial charge in [0.15, 0.2) is 0 Å². The van der Waals surface area contributed by atoms with E-state index in [1.165, 1.54) is 5.56 Å². The van der Waals surface area contributed by atoms with Crippen LogP contribution in [0.25, 0.3) is 0 Å². The van der Waals surface area contributed by atoms with Gasteiger partial charge in [-0.25, -0.2) is 0 Å². The highest BCUT2D eigenvalue weighted by atomic mass is 16.2. The van der Waals surface area contributed by atoms with Crippen molar-refractivity contribution in [1.82, 2.24) is 10.2 Å². The molecular weight excluding hydrogens is 290 g/mol. The third-order valence-corrected chi connectivity index (χ3v) is 4.32. The van der Waals surface area contributed by atoms with E-state index in [1.807, 2.05) is 35.2 Å². The summed E-state index contributed by atoms with van der Waals surface area (Å²) in [5, 5.41) is 2.90. The lowest BCUT2D eigenvalue weighted by Gasteiger charge is -2.36. The number of benzene rings is 1. The fourth-order valence-corrected chi connectivity index (χ4v) is 3.03. The van der Waals surface area contributed by atoms with Gasteiger partial charge in [0.2, 0.25) is 11.8 Å². The van der Waals surface area contributed by atoms with E-state index in [1.54, 1.807) is 0 Å². The van der Waals surface area contributed by atoms with Gasteiger partial charge in [-0.1, -0.05) is 30.3 Å². The van der Waals surface area contributed by atoms with E-state index in [0.29, 0.717) is 25.9 Å². The van der Waals surface area contributed by atoms with Crippen LogP contribution in [-0.2, 0) is 16.0 Å². The molecule has 5 heteroatoms. The second-order valence-corrected chi connectivity index (χ2v) is 6.07. The first-order valence-electron chi connectivity index (χ1n) is 8.51. The number of aryl methyl sites for hydroxylation is 1. The number of likely N-dealkylation sites (tertiary alicyclic amines) is 1. The summed E-state index contributed by atoms with van der Waals surface area (Å²) in [5.74, 6) is 0.154. The summed E-state index contributed by atoms with van der Waals surface area (Å²) in [6.45, 7) is 1.69. The Kier molecular flexibility index (Phi) is 7.07. The molecule has 0 aromatic heterocycles. The summed E-state index contributed by atoms with van der Waals surface area (Å²) in [5.41, 5.74) is 6.57. The molecule has 3 N–H and O–H groups in total. The molecule has 1 fully saturated rings. The zero-order valence-corrected chi connectivity index (χ0v) is 13.7. The number of nitrogens with two attached hydrogens (primary N) is 1. The van der Waals surface area contributed by atoms with Crippen LogP contribution in [0.2, 0.25) is 0 Å². The highest BCUT2D eigenvalue weighted by molar-refractivity contribution is 5.78. The van der Waals surface area contributed by atoms with E-state index in [4.69, 9.17) is 5.73 Å². The molecule has 2 amide bonds. The first kappa shape index (κ1) is 17.5. The van der Waals surface area contributed by atoms with E-state index in [2.05, 4.69) is 5.32 Å². The average Bonchev–Trinajstić information content (AvgIpc) is 2.59. The molecule has 1 unspecified atom stereocenters. The van der Waals surface area contributed by atoms with Gasteiger partial charge in [0, 0.05) is 38.5 Å². The maximum atomic E-state index is 12.5. The molecule has 23 heavy (non-hydrogen) atoms. The molecule has 1 aliphatic rings. The lowest BCUT2D eigenvalue weighted by atomic mass is 10.0. The van der Waals surface area contributed by atoms with Crippen molar-refractivity contribution in [1.29, 1.82) is 0 Å². The van der Waals surface area contributed by atoms with Gasteiger partial charge in [-0.05, 0) is 31.2 Å². The normalized spacial score (nSPS) is 17.8. The topological polar surface area (TPSA) is 75.4 Å². The molecule has 0 spiro atoms. The number of hydrogen-bond donors (Lipinski definition) is 2. The molecule has 1 aromatic carbocycles. The summed E-state index contributed by atoms with van der Waals surface area (Å²) in [6, 6.07) is 10.2. The molecule has 2 rings (SSSR count). The summed E-state index contributed by atoms with van der Waals surface area (Å²) in [6.07, 6.45) is 4.75. The third-order valence-electron chi connectivity index (χ3n) is 4.32. The van der Waals surface area contributed by atoms with E-state index in [9.17, 15) is 9.59 Å². The Morgan fingerprint density at radius 3 is 2.70 bits per heavy atom. The molecule has 126 valence electrons. The minimum Gasteiger partial charge on any atom is -0.354 e. The van der Waals surface area contributed by atoms with E-state index in [-0.39, 0.29) is 17.9 Å². The van der Waals surface area contributed by atoms with Crippen LogP contribution in [0.1, 0.15) is 37.7 Å². The molecule has 1 aliphatic heterocycles. The van der Waals surface area contributed by atoms with Crippen molar-refractivity contribution in [3.63, 3.8) is 0 Å². The standard InChI is InChI=1S/C18H27N3O2/c19-12-11-17(22)20-14-16-8-4-5-13-21(16)18(23)10-9-15-6-2-1-3-7-15/h1-3,6-7,16H,4-5,8-14,19H2,(H,20,22). The lowest BCUT2D eigenvalue weighted by molar-refractivity contribution is -0.135. The molecule has 0 radical (unpaired) electrons. The predicted octanol–water partition coefficient (Wildman–Crippen LogP) is 1.47. The summed E-state index contributed by atoms with van der Waals surface area (Å²) in [4.78, 5) is 26.1. The minimum absolute atomic E-state index is 0.0326. The zero-order chi connectivity index (χ0) is 16.5. The Morgan fingerprint density at radius 2 is 1.96 bits per heavy atom. The lowest BCUT2D eigenvalue weighted by Crippen LogP contribution is -2.49. The average molecular weight is 317 g/mol. The zero-order valence-electron chi connectivity index (χ0n) is 13.7. The second kappa shape index (κ2) is 9.30. The van der Waals surface area contributed by atoms with Crippen LogP contribution >= 0.6 is 0 Å². The van der Waals surface area contributed by atoms with Gasteiger partial charge in [-0.2, -0.15) is 0 Å². The maximum absolute atomic E-state index is 12.5. The third kappa shape index (κ3) is 5.67. The predicted molar refractivity (Wildman–Crippen MR) is 90.8 cm³/mol. The number of nitrogens with one attached hydrogen (secondary N) is 1. The van der Waals surface area contributed by atoms with Gasteiger partial charge < -0.3 is 16.0 Å². The van der Waals surface area contributed by atoms with Crippen molar-refractivity contribution in [2.45, 2.75) is 44.6 Å². The van der Waals surface area contributed by atoms with Gasteiger partial charge in [0.05, 0.1) is 0 Å². The maximum Gasteiger partial charge on any atom is 0.223 e. The summed E-state index contributed by atoms with van der Waals surface area (Å²) < 4.78 is 0. The largest absolute Gasteiger partial charge is 0.354 e. The molecule has 1 aromatic rings. The Balaban J connectivity index is 1.84. The molecule has 5 nitrogen and oxygen atoms in total. The number of rotatable bonds is 7. The number of hydrogen-bond acceptors (Lipinski definition) is 3. The van der Waals surface area contributed by atoms with Crippen LogP contribution in [0.4, 0.5) is 0 Å². The van der Waals surface area contributed by atoms with Crippen LogP contribution in [0.3, 0.4) is 0 Å². The van der Waals surface area contributed by atoms with Crippen molar-refractivity contribution in [3.8, 4) is 0 Å². The summed E-state index contributed by atoms with van der Waals surface area (Å²) in [7, 11) is 0. The van der Waals surface area contributed by atoms with Crippen LogP contribution < -0.4 is 11.1 Å². The van der Waals surface area contributed by atoms with Gasteiger partial charge in [-0.15, -0.1) is 0 Å². The summed E-state index contributed by atoms with van der Waals surface area (Å²) >= 11 is 0. The Labute approximate surface area is 138 Å². The second-order valence-electron chi connectivity index (χ2n) is 6.07. The SMILES string of the molecule is NCCC(=O)NCC1CCCCN1C(=O)CCc1ccccc1. The van der Waals surface area contributed by atoms with Gasteiger partial charge in [0.25, 0.3) is 0 Å². The number of carbonyl (C=O) groups is 2. The van der Waals surface area contributed by atoms with Crippen LogP contribution in [0.5, 0.6) is 0 Å². The van der Waals surface area contributed by atoms with Gasteiger partial charge in [0.1, 0.15) is 0 Å². The molecule has 0 saturated carbocycles.